The maximum absolute atomic E-state index is 11.6. The number of carbonyl (C=O) groups excluding carboxylic acids is 1. The number of thioether (sulfide) groups is 1. The zero-order valence-electron chi connectivity index (χ0n) is 10.1. The largest absolute Gasteiger partial charge is 0.354 e. The first kappa shape index (κ1) is 15.3. The number of aromatic nitrogens is 1. The molecule has 1 amide bonds. The van der Waals surface area contributed by atoms with E-state index in [1.165, 1.54) is 18.2 Å². The predicted molar refractivity (Wildman–Crippen MR) is 76.2 cm³/mol. The molecule has 0 bridgehead atoms. The molecule has 2 rings (SSSR count). The smallest absolute Gasteiger partial charge is 0.230 e. The summed E-state index contributed by atoms with van der Waals surface area (Å²) in [4.78, 5) is 16.6. The van der Waals surface area contributed by atoms with Gasteiger partial charge in [0.1, 0.15) is 0 Å². The fourth-order valence-corrected chi connectivity index (χ4v) is 2.52. The van der Waals surface area contributed by atoms with Gasteiger partial charge in [-0.2, -0.15) is 0 Å². The predicted octanol–water partition coefficient (Wildman–Crippen LogP) is 1.46. The van der Waals surface area contributed by atoms with Crippen LogP contribution in [0.4, 0.5) is 0 Å². The van der Waals surface area contributed by atoms with Crippen molar-refractivity contribution in [3.05, 3.63) is 24.5 Å². The molecule has 0 radical (unpaired) electrons. The summed E-state index contributed by atoms with van der Waals surface area (Å²) < 4.78 is 0. The van der Waals surface area contributed by atoms with Crippen LogP contribution in [0.25, 0.3) is 0 Å². The summed E-state index contributed by atoms with van der Waals surface area (Å²) >= 11 is 1.54. The standard InChI is InChI=1S/C12H17N3OS.ClH/c16-12(15-8-10-2-1-5-14-10)9-17-11-3-6-13-7-4-11;/h3-4,6-7,10,14H,1-2,5,8-9H2,(H,15,16);1H. The van der Waals surface area contributed by atoms with Crippen LogP contribution >= 0.6 is 24.2 Å². The van der Waals surface area contributed by atoms with Gasteiger partial charge in [-0.15, -0.1) is 24.2 Å². The molecule has 1 aliphatic rings. The first-order valence-electron chi connectivity index (χ1n) is 5.87. The number of nitrogens with zero attached hydrogens (tertiary/aromatic N) is 1. The first-order chi connectivity index (χ1) is 8.34. The van der Waals surface area contributed by atoms with Gasteiger partial charge in [-0.3, -0.25) is 9.78 Å². The minimum atomic E-state index is 0. The summed E-state index contributed by atoms with van der Waals surface area (Å²) in [5.41, 5.74) is 0. The molecule has 1 aliphatic heterocycles. The lowest BCUT2D eigenvalue weighted by Gasteiger charge is -2.11. The van der Waals surface area contributed by atoms with Crippen molar-refractivity contribution in [2.75, 3.05) is 18.8 Å². The Morgan fingerprint density at radius 1 is 1.50 bits per heavy atom. The van der Waals surface area contributed by atoms with Gasteiger partial charge in [0.25, 0.3) is 0 Å². The number of halogens is 1. The van der Waals surface area contributed by atoms with Gasteiger partial charge < -0.3 is 10.6 Å². The second kappa shape index (κ2) is 8.34. The van der Waals surface area contributed by atoms with Gasteiger partial charge >= 0.3 is 0 Å². The number of rotatable bonds is 5. The molecule has 0 saturated carbocycles. The van der Waals surface area contributed by atoms with Crippen LogP contribution < -0.4 is 10.6 Å². The fraction of sp³-hybridized carbons (Fsp3) is 0.500. The molecule has 1 saturated heterocycles. The van der Waals surface area contributed by atoms with Gasteiger partial charge in [-0.1, -0.05) is 0 Å². The van der Waals surface area contributed by atoms with E-state index in [1.54, 1.807) is 12.4 Å². The summed E-state index contributed by atoms with van der Waals surface area (Å²) in [7, 11) is 0. The molecule has 6 heteroatoms. The minimum absolute atomic E-state index is 0. The summed E-state index contributed by atoms with van der Waals surface area (Å²) in [6, 6.07) is 4.29. The average Bonchev–Trinajstić information content (AvgIpc) is 2.88. The Morgan fingerprint density at radius 3 is 2.94 bits per heavy atom. The number of nitrogens with one attached hydrogen (secondary N) is 2. The fourth-order valence-electron chi connectivity index (χ4n) is 1.80. The Balaban J connectivity index is 0.00000162. The van der Waals surface area contributed by atoms with Crippen LogP contribution in [0.15, 0.2) is 29.4 Å². The van der Waals surface area contributed by atoms with Crippen LogP contribution in [0.2, 0.25) is 0 Å². The van der Waals surface area contributed by atoms with E-state index < -0.39 is 0 Å². The molecule has 0 aromatic carbocycles. The van der Waals surface area contributed by atoms with Gasteiger partial charge in [0.15, 0.2) is 0 Å². The number of carbonyl (C=O) groups is 1. The summed E-state index contributed by atoms with van der Waals surface area (Å²) in [6.45, 7) is 1.82. The SMILES string of the molecule is Cl.O=C(CSc1ccncc1)NCC1CCCN1. The molecule has 100 valence electrons. The van der Waals surface area contributed by atoms with E-state index in [0.29, 0.717) is 11.8 Å². The van der Waals surface area contributed by atoms with E-state index >= 15 is 0 Å². The second-order valence-electron chi connectivity index (χ2n) is 4.07. The molecule has 2 N–H and O–H groups in total. The molecule has 0 aliphatic carbocycles. The van der Waals surface area contributed by atoms with E-state index in [4.69, 9.17) is 0 Å². The zero-order valence-corrected chi connectivity index (χ0v) is 11.7. The number of hydrogen-bond donors (Lipinski definition) is 2. The van der Waals surface area contributed by atoms with Crippen molar-refractivity contribution in [1.82, 2.24) is 15.6 Å². The Hall–Kier alpha value is -0.780. The molecule has 1 fully saturated rings. The van der Waals surface area contributed by atoms with Gasteiger partial charge in [0, 0.05) is 29.9 Å². The normalized spacial score (nSPS) is 18.1. The number of pyridine rings is 1. The van der Waals surface area contributed by atoms with E-state index in [-0.39, 0.29) is 18.3 Å². The molecule has 1 atom stereocenters. The molecule has 1 unspecified atom stereocenters. The van der Waals surface area contributed by atoms with Crippen molar-refractivity contribution in [1.29, 1.82) is 0 Å². The van der Waals surface area contributed by atoms with Crippen LogP contribution in [-0.2, 0) is 4.79 Å². The summed E-state index contributed by atoms with van der Waals surface area (Å²) in [5, 5.41) is 6.31. The van der Waals surface area contributed by atoms with Crippen molar-refractivity contribution < 1.29 is 4.79 Å². The van der Waals surface area contributed by atoms with Crippen LogP contribution in [0.3, 0.4) is 0 Å². The highest BCUT2D eigenvalue weighted by atomic mass is 35.5. The second-order valence-corrected chi connectivity index (χ2v) is 5.12. The van der Waals surface area contributed by atoms with Crippen molar-refractivity contribution in [2.45, 2.75) is 23.8 Å². The third kappa shape index (κ3) is 5.25. The van der Waals surface area contributed by atoms with Crippen LogP contribution in [0, 0.1) is 0 Å². The zero-order chi connectivity index (χ0) is 11.9. The van der Waals surface area contributed by atoms with Gasteiger partial charge in [0.2, 0.25) is 5.91 Å². The highest BCUT2D eigenvalue weighted by Gasteiger charge is 2.14. The maximum Gasteiger partial charge on any atom is 0.230 e. The van der Waals surface area contributed by atoms with E-state index in [0.717, 1.165) is 24.4 Å². The Bertz CT molecular complexity index is 358. The first-order valence-corrected chi connectivity index (χ1v) is 6.86. The summed E-state index contributed by atoms with van der Waals surface area (Å²) in [6.07, 6.45) is 5.86. The molecule has 4 nitrogen and oxygen atoms in total. The lowest BCUT2D eigenvalue weighted by atomic mass is 10.2. The Morgan fingerprint density at radius 2 is 2.28 bits per heavy atom. The third-order valence-electron chi connectivity index (χ3n) is 2.73. The highest BCUT2D eigenvalue weighted by Crippen LogP contribution is 2.15. The van der Waals surface area contributed by atoms with Crippen molar-refractivity contribution in [3.8, 4) is 0 Å². The maximum atomic E-state index is 11.6. The van der Waals surface area contributed by atoms with Crippen LogP contribution in [-0.4, -0.2) is 35.8 Å². The van der Waals surface area contributed by atoms with E-state index in [1.807, 2.05) is 12.1 Å². The monoisotopic (exact) mass is 287 g/mol. The number of amides is 1. The van der Waals surface area contributed by atoms with E-state index in [9.17, 15) is 4.79 Å². The van der Waals surface area contributed by atoms with Crippen molar-refractivity contribution in [3.63, 3.8) is 0 Å². The highest BCUT2D eigenvalue weighted by molar-refractivity contribution is 8.00. The molecular weight excluding hydrogens is 270 g/mol. The Kier molecular flexibility index (Phi) is 7.08. The average molecular weight is 288 g/mol. The lowest BCUT2D eigenvalue weighted by Crippen LogP contribution is -2.37. The molecule has 0 spiro atoms. The molecule has 1 aromatic rings. The minimum Gasteiger partial charge on any atom is -0.354 e. The molecule has 2 heterocycles. The number of hydrogen-bond acceptors (Lipinski definition) is 4. The lowest BCUT2D eigenvalue weighted by molar-refractivity contribution is -0.118. The van der Waals surface area contributed by atoms with Gasteiger partial charge in [0.05, 0.1) is 5.75 Å². The molecule has 1 aromatic heterocycles. The van der Waals surface area contributed by atoms with Gasteiger partial charge in [-0.25, -0.2) is 0 Å². The molecular formula is C12H18ClN3OS. The quantitative estimate of drug-likeness (QED) is 0.805. The topological polar surface area (TPSA) is 54.0 Å². The van der Waals surface area contributed by atoms with E-state index in [2.05, 4.69) is 15.6 Å². The van der Waals surface area contributed by atoms with Gasteiger partial charge in [-0.05, 0) is 31.5 Å². The summed E-state index contributed by atoms with van der Waals surface area (Å²) in [5.74, 6) is 0.567. The van der Waals surface area contributed by atoms with Crippen LogP contribution in [0.1, 0.15) is 12.8 Å². The molecule has 18 heavy (non-hydrogen) atoms. The van der Waals surface area contributed by atoms with Crippen molar-refractivity contribution in [2.24, 2.45) is 0 Å². The van der Waals surface area contributed by atoms with Crippen LogP contribution in [0.5, 0.6) is 0 Å². The third-order valence-corrected chi connectivity index (χ3v) is 3.74. The van der Waals surface area contributed by atoms with Crippen molar-refractivity contribution >= 4 is 30.1 Å². The Labute approximate surface area is 118 Å².